The van der Waals surface area contributed by atoms with Crippen LogP contribution in [0.3, 0.4) is 0 Å². The molecule has 0 aliphatic carbocycles. The first-order chi connectivity index (χ1) is 12.7. The molecule has 0 saturated carbocycles. The monoisotopic (exact) mass is 356 g/mol. The van der Waals surface area contributed by atoms with E-state index < -0.39 is 0 Å². The molecular formula is C22H28O4. The number of hydrogen-bond acceptors (Lipinski definition) is 4. The number of allylic oxidation sites excluding steroid dienone is 1. The molecule has 2 rings (SSSR count). The fraction of sp³-hybridized carbons (Fsp3) is 0.364. The van der Waals surface area contributed by atoms with E-state index >= 15 is 0 Å². The second-order valence-electron chi connectivity index (χ2n) is 6.04. The van der Waals surface area contributed by atoms with Gasteiger partial charge in [-0.25, -0.2) is 0 Å². The van der Waals surface area contributed by atoms with Crippen molar-refractivity contribution in [3.8, 4) is 23.0 Å². The first-order valence-electron chi connectivity index (χ1n) is 8.86. The quantitative estimate of drug-likeness (QED) is 0.420. The maximum atomic E-state index is 5.84. The highest BCUT2D eigenvalue weighted by Crippen LogP contribution is 2.29. The molecule has 0 radical (unpaired) electrons. The Labute approximate surface area is 156 Å². The van der Waals surface area contributed by atoms with Crippen LogP contribution in [0.2, 0.25) is 0 Å². The van der Waals surface area contributed by atoms with Gasteiger partial charge in [0.15, 0.2) is 23.0 Å². The highest BCUT2D eigenvalue weighted by molar-refractivity contribution is 5.43. The van der Waals surface area contributed by atoms with Crippen molar-refractivity contribution in [2.45, 2.75) is 26.2 Å². The van der Waals surface area contributed by atoms with E-state index in [1.165, 1.54) is 0 Å². The van der Waals surface area contributed by atoms with Crippen LogP contribution in [0.1, 0.15) is 24.0 Å². The molecule has 0 heterocycles. The molecule has 4 heteroatoms. The normalized spacial score (nSPS) is 10.3. The van der Waals surface area contributed by atoms with E-state index in [1.807, 2.05) is 49.4 Å². The van der Waals surface area contributed by atoms with Gasteiger partial charge in [-0.15, -0.1) is 6.58 Å². The highest BCUT2D eigenvalue weighted by Gasteiger charge is 2.06. The summed E-state index contributed by atoms with van der Waals surface area (Å²) in [6.45, 7) is 7.03. The number of methoxy groups -OCH3 is 2. The van der Waals surface area contributed by atoms with Gasteiger partial charge < -0.3 is 18.9 Å². The van der Waals surface area contributed by atoms with Crippen LogP contribution in [0.4, 0.5) is 0 Å². The summed E-state index contributed by atoms with van der Waals surface area (Å²) in [4.78, 5) is 0. The second-order valence-corrected chi connectivity index (χ2v) is 6.04. The molecule has 4 nitrogen and oxygen atoms in total. The summed E-state index contributed by atoms with van der Waals surface area (Å²) in [6, 6.07) is 11.9. The topological polar surface area (TPSA) is 36.9 Å². The van der Waals surface area contributed by atoms with Crippen molar-refractivity contribution in [2.75, 3.05) is 27.4 Å². The lowest BCUT2D eigenvalue weighted by Crippen LogP contribution is -2.04. The molecule has 0 amide bonds. The van der Waals surface area contributed by atoms with Crippen LogP contribution < -0.4 is 18.9 Å². The van der Waals surface area contributed by atoms with E-state index in [4.69, 9.17) is 18.9 Å². The Kier molecular flexibility index (Phi) is 7.87. The molecule has 2 aromatic rings. The van der Waals surface area contributed by atoms with Crippen molar-refractivity contribution in [3.05, 3.63) is 60.2 Å². The van der Waals surface area contributed by atoms with Crippen molar-refractivity contribution < 1.29 is 18.9 Å². The number of aryl methyl sites for hydroxylation is 1. The minimum Gasteiger partial charge on any atom is -0.493 e. The van der Waals surface area contributed by atoms with Gasteiger partial charge in [0.05, 0.1) is 27.4 Å². The molecule has 0 unspecified atom stereocenters. The van der Waals surface area contributed by atoms with Crippen LogP contribution in [0, 0.1) is 6.92 Å². The molecule has 0 saturated heterocycles. The van der Waals surface area contributed by atoms with Crippen molar-refractivity contribution >= 4 is 0 Å². The zero-order valence-corrected chi connectivity index (χ0v) is 15.9. The van der Waals surface area contributed by atoms with Gasteiger partial charge in [0.25, 0.3) is 0 Å². The number of hydrogen-bond donors (Lipinski definition) is 0. The maximum absolute atomic E-state index is 5.84. The lowest BCUT2D eigenvalue weighted by atomic mass is 10.1. The molecule has 140 valence electrons. The number of rotatable bonds is 11. The Bertz CT molecular complexity index is 709. The number of benzene rings is 2. The first-order valence-corrected chi connectivity index (χ1v) is 8.86. The standard InChI is InChI=1S/C22H28O4/c1-5-8-18-10-12-20(22(16-18)24-4)26-14-7-6-13-25-19-11-9-17(2)15-21(19)23-3/h5,9-12,15-16H,1,6-8,13-14H2,2-4H3. The van der Waals surface area contributed by atoms with E-state index in [1.54, 1.807) is 14.2 Å². The largest absolute Gasteiger partial charge is 0.493 e. The molecule has 0 atom stereocenters. The Morgan fingerprint density at radius 1 is 0.808 bits per heavy atom. The molecule has 0 aliphatic rings. The summed E-state index contributed by atoms with van der Waals surface area (Å²) in [5, 5.41) is 0. The Morgan fingerprint density at radius 2 is 1.38 bits per heavy atom. The molecule has 2 aromatic carbocycles. The van der Waals surface area contributed by atoms with Crippen LogP contribution in [-0.4, -0.2) is 27.4 Å². The van der Waals surface area contributed by atoms with E-state index in [-0.39, 0.29) is 0 Å². The summed E-state index contributed by atoms with van der Waals surface area (Å²) in [5.74, 6) is 3.07. The van der Waals surface area contributed by atoms with E-state index in [0.717, 1.165) is 53.4 Å². The lowest BCUT2D eigenvalue weighted by Gasteiger charge is -2.13. The third-order valence-corrected chi connectivity index (χ3v) is 3.98. The van der Waals surface area contributed by atoms with E-state index in [2.05, 4.69) is 6.58 Å². The Balaban J connectivity index is 1.75. The molecular weight excluding hydrogens is 328 g/mol. The average Bonchev–Trinajstić information content (AvgIpc) is 2.66. The van der Waals surface area contributed by atoms with Crippen LogP contribution in [-0.2, 0) is 6.42 Å². The van der Waals surface area contributed by atoms with Crippen molar-refractivity contribution in [1.29, 1.82) is 0 Å². The zero-order chi connectivity index (χ0) is 18.8. The van der Waals surface area contributed by atoms with Crippen LogP contribution in [0.25, 0.3) is 0 Å². The predicted molar refractivity (Wildman–Crippen MR) is 105 cm³/mol. The van der Waals surface area contributed by atoms with Crippen LogP contribution in [0.5, 0.6) is 23.0 Å². The van der Waals surface area contributed by atoms with Crippen LogP contribution in [0.15, 0.2) is 49.1 Å². The average molecular weight is 356 g/mol. The molecule has 0 aliphatic heterocycles. The van der Waals surface area contributed by atoms with Gasteiger partial charge in [0, 0.05) is 0 Å². The third-order valence-electron chi connectivity index (χ3n) is 3.98. The molecule has 0 fully saturated rings. The predicted octanol–water partition coefficient (Wildman–Crippen LogP) is 4.98. The summed E-state index contributed by atoms with van der Waals surface area (Å²) in [5.41, 5.74) is 2.31. The third kappa shape index (κ3) is 5.73. The first kappa shape index (κ1) is 19.7. The van der Waals surface area contributed by atoms with E-state index in [0.29, 0.717) is 13.2 Å². The lowest BCUT2D eigenvalue weighted by molar-refractivity contribution is 0.252. The summed E-state index contributed by atoms with van der Waals surface area (Å²) in [7, 11) is 3.31. The summed E-state index contributed by atoms with van der Waals surface area (Å²) < 4.78 is 22.4. The molecule has 0 bridgehead atoms. The number of ether oxygens (including phenoxy) is 4. The van der Waals surface area contributed by atoms with Crippen LogP contribution >= 0.6 is 0 Å². The van der Waals surface area contributed by atoms with Gasteiger partial charge in [-0.05, 0) is 61.6 Å². The van der Waals surface area contributed by atoms with Gasteiger partial charge in [-0.3, -0.25) is 0 Å². The van der Waals surface area contributed by atoms with Crippen molar-refractivity contribution in [2.24, 2.45) is 0 Å². The van der Waals surface area contributed by atoms with Crippen molar-refractivity contribution in [3.63, 3.8) is 0 Å². The summed E-state index contributed by atoms with van der Waals surface area (Å²) >= 11 is 0. The Hall–Kier alpha value is -2.62. The van der Waals surface area contributed by atoms with Gasteiger partial charge in [-0.1, -0.05) is 18.2 Å². The Morgan fingerprint density at radius 3 is 1.96 bits per heavy atom. The maximum Gasteiger partial charge on any atom is 0.161 e. The minimum absolute atomic E-state index is 0.617. The zero-order valence-electron chi connectivity index (χ0n) is 15.9. The number of unbranched alkanes of at least 4 members (excludes halogenated alkanes) is 1. The molecule has 26 heavy (non-hydrogen) atoms. The van der Waals surface area contributed by atoms with Crippen molar-refractivity contribution in [1.82, 2.24) is 0 Å². The SMILES string of the molecule is C=CCc1ccc(OCCCCOc2ccc(C)cc2OC)c(OC)c1. The molecule has 0 N–H and O–H groups in total. The summed E-state index contributed by atoms with van der Waals surface area (Å²) in [6.07, 6.45) is 4.48. The van der Waals surface area contributed by atoms with Gasteiger partial charge in [0.1, 0.15) is 0 Å². The smallest absolute Gasteiger partial charge is 0.161 e. The highest BCUT2D eigenvalue weighted by atomic mass is 16.5. The van der Waals surface area contributed by atoms with Gasteiger partial charge in [0.2, 0.25) is 0 Å². The molecule has 0 spiro atoms. The van der Waals surface area contributed by atoms with E-state index in [9.17, 15) is 0 Å². The minimum atomic E-state index is 0.617. The fourth-order valence-electron chi connectivity index (χ4n) is 2.59. The molecule has 0 aromatic heterocycles. The van der Waals surface area contributed by atoms with Gasteiger partial charge in [-0.2, -0.15) is 0 Å². The fourth-order valence-corrected chi connectivity index (χ4v) is 2.59. The second kappa shape index (κ2) is 10.4. The van der Waals surface area contributed by atoms with Gasteiger partial charge >= 0.3 is 0 Å².